The highest BCUT2D eigenvalue weighted by molar-refractivity contribution is 6.31. The number of nitrogens with zero attached hydrogens (tertiary/aromatic N) is 7. The van der Waals surface area contributed by atoms with Gasteiger partial charge in [-0.25, -0.2) is 9.18 Å². The van der Waals surface area contributed by atoms with Gasteiger partial charge in [0.1, 0.15) is 12.4 Å². The Balaban J connectivity index is 1.35. The number of hydrogen-bond acceptors (Lipinski definition) is 8. The third-order valence-corrected chi connectivity index (χ3v) is 9.19. The largest absolute Gasteiger partial charge is 0.478 e. The maximum absolute atomic E-state index is 15.3. The predicted octanol–water partition coefficient (Wildman–Crippen LogP) is 4.24. The smallest absolute Gasteiger partial charge is 0.335 e. The van der Waals surface area contributed by atoms with Gasteiger partial charge in [0.05, 0.1) is 16.3 Å². The van der Waals surface area contributed by atoms with Crippen LogP contribution in [0.4, 0.5) is 10.1 Å². The number of amides is 1. The topological polar surface area (TPSA) is 125 Å². The molecular formula is C34H33ClFN7O4. The van der Waals surface area contributed by atoms with Crippen LogP contribution in [0.25, 0.3) is 11.8 Å². The standard InChI is InChI=1S/C34H33ClFN7O4/c1-40(2)23-14-16-41(19-23)28-5-3-4-25-24(28)15-17-42(33(25)30(44)18-21-6-8-22(9-7-21)34(46)47)31(45)13-10-26-29(43-20-37-38-39-43)12-11-27(35)32(26)36/h3-13,20,23,33H,14-19H2,1-2H3,(H,46,47)/b13-10+/t23-,33-/m0/s1. The highest BCUT2D eigenvalue weighted by Gasteiger charge is 2.37. The number of hydrogen-bond donors (Lipinski definition) is 1. The molecule has 1 amide bonds. The number of carbonyl (C=O) groups excluding carboxylic acids is 2. The van der Waals surface area contributed by atoms with Crippen LogP contribution in [0, 0.1) is 5.82 Å². The van der Waals surface area contributed by atoms with Crippen molar-refractivity contribution in [2.45, 2.75) is 31.3 Å². The molecule has 0 radical (unpaired) electrons. The molecule has 4 aromatic rings. The molecule has 3 aromatic carbocycles. The third-order valence-electron chi connectivity index (χ3n) is 8.90. The van der Waals surface area contributed by atoms with Crippen LogP contribution in [0.1, 0.15) is 45.1 Å². The molecule has 0 bridgehead atoms. The number of ketones is 1. The molecule has 1 aromatic heterocycles. The number of carbonyl (C=O) groups is 3. The fourth-order valence-corrected chi connectivity index (χ4v) is 6.58. The minimum Gasteiger partial charge on any atom is -0.478 e. The first kappa shape index (κ1) is 32.0. The monoisotopic (exact) mass is 657 g/mol. The summed E-state index contributed by atoms with van der Waals surface area (Å²) in [6, 6.07) is 14.5. The Morgan fingerprint density at radius 2 is 1.85 bits per heavy atom. The summed E-state index contributed by atoms with van der Waals surface area (Å²) in [6.07, 6.45) is 5.41. The van der Waals surface area contributed by atoms with Crippen LogP contribution in [-0.2, 0) is 22.4 Å². The summed E-state index contributed by atoms with van der Waals surface area (Å²) >= 11 is 6.08. The number of benzene rings is 3. The molecule has 6 rings (SSSR count). The number of fused-ring (bicyclic) bond motifs is 1. The molecule has 11 nitrogen and oxygen atoms in total. The lowest BCUT2D eigenvalue weighted by Gasteiger charge is -2.38. The summed E-state index contributed by atoms with van der Waals surface area (Å²) in [5.41, 5.74) is 3.89. The lowest BCUT2D eigenvalue weighted by atomic mass is 9.86. The highest BCUT2D eigenvalue weighted by Crippen LogP contribution is 2.38. The van der Waals surface area contributed by atoms with Crippen molar-refractivity contribution in [3.8, 4) is 5.69 Å². The minimum atomic E-state index is -1.06. The quantitative estimate of drug-likeness (QED) is 0.263. The van der Waals surface area contributed by atoms with E-state index in [-0.39, 0.29) is 40.6 Å². The number of likely N-dealkylation sites (N-methyl/N-ethyl adjacent to an activating group) is 1. The number of halogens is 2. The zero-order valence-electron chi connectivity index (χ0n) is 25.9. The molecule has 242 valence electrons. The van der Waals surface area contributed by atoms with E-state index in [0.717, 1.165) is 36.3 Å². The van der Waals surface area contributed by atoms with E-state index in [0.29, 0.717) is 18.0 Å². The summed E-state index contributed by atoms with van der Waals surface area (Å²) in [5.74, 6) is -2.49. The van der Waals surface area contributed by atoms with E-state index in [4.69, 9.17) is 11.6 Å². The molecule has 0 spiro atoms. The molecule has 0 aliphatic carbocycles. The van der Waals surface area contributed by atoms with Crippen molar-refractivity contribution in [3.05, 3.63) is 106 Å². The average Bonchev–Trinajstić information content (AvgIpc) is 3.78. The van der Waals surface area contributed by atoms with Gasteiger partial charge in [-0.05, 0) is 90.5 Å². The number of anilines is 1. The Kier molecular flexibility index (Phi) is 9.15. The van der Waals surface area contributed by atoms with E-state index in [1.54, 1.807) is 18.2 Å². The first-order chi connectivity index (χ1) is 22.6. The van der Waals surface area contributed by atoms with Crippen LogP contribution in [0.15, 0.2) is 67.0 Å². The zero-order chi connectivity index (χ0) is 33.2. The summed E-state index contributed by atoms with van der Waals surface area (Å²) in [5, 5.41) is 20.2. The third kappa shape index (κ3) is 6.51. The predicted molar refractivity (Wildman–Crippen MR) is 174 cm³/mol. The molecule has 2 atom stereocenters. The first-order valence-electron chi connectivity index (χ1n) is 15.2. The van der Waals surface area contributed by atoms with Gasteiger partial charge in [-0.3, -0.25) is 9.59 Å². The van der Waals surface area contributed by atoms with Gasteiger partial charge >= 0.3 is 5.97 Å². The van der Waals surface area contributed by atoms with Crippen molar-refractivity contribution in [1.82, 2.24) is 30.0 Å². The van der Waals surface area contributed by atoms with Gasteiger partial charge in [-0.1, -0.05) is 35.9 Å². The molecule has 1 fully saturated rings. The van der Waals surface area contributed by atoms with Crippen molar-refractivity contribution in [2.24, 2.45) is 0 Å². The maximum Gasteiger partial charge on any atom is 0.335 e. The van der Waals surface area contributed by atoms with Gasteiger partial charge in [-0.2, -0.15) is 4.68 Å². The summed E-state index contributed by atoms with van der Waals surface area (Å²) in [4.78, 5) is 45.5. The van der Waals surface area contributed by atoms with E-state index in [9.17, 15) is 19.5 Å². The van der Waals surface area contributed by atoms with Crippen LogP contribution >= 0.6 is 11.6 Å². The van der Waals surface area contributed by atoms with Crippen LogP contribution in [0.5, 0.6) is 0 Å². The molecule has 0 saturated carbocycles. The van der Waals surface area contributed by atoms with Gasteiger partial charge in [0, 0.05) is 49.4 Å². The number of carboxylic acids is 1. The summed E-state index contributed by atoms with van der Waals surface area (Å²) < 4.78 is 16.5. The van der Waals surface area contributed by atoms with E-state index in [1.807, 2.05) is 12.1 Å². The Morgan fingerprint density at radius 3 is 2.53 bits per heavy atom. The molecule has 3 heterocycles. The fourth-order valence-electron chi connectivity index (χ4n) is 6.41. The van der Waals surface area contributed by atoms with Crippen LogP contribution in [0.2, 0.25) is 5.02 Å². The Hall–Kier alpha value is -4.94. The number of rotatable bonds is 9. The van der Waals surface area contributed by atoms with Gasteiger partial charge in [0.2, 0.25) is 5.91 Å². The molecule has 1 N–H and O–H groups in total. The van der Waals surface area contributed by atoms with E-state index in [1.165, 1.54) is 46.3 Å². The van der Waals surface area contributed by atoms with E-state index >= 15 is 4.39 Å². The second kappa shape index (κ2) is 13.4. The molecule has 0 unspecified atom stereocenters. The number of aromatic carboxylic acids is 1. The van der Waals surface area contributed by atoms with Crippen LogP contribution in [0.3, 0.4) is 0 Å². The molecular weight excluding hydrogens is 625 g/mol. The van der Waals surface area contributed by atoms with Gasteiger partial charge in [-0.15, -0.1) is 5.10 Å². The molecule has 2 aliphatic heterocycles. The van der Waals surface area contributed by atoms with Crippen molar-refractivity contribution < 1.29 is 23.9 Å². The van der Waals surface area contributed by atoms with Crippen molar-refractivity contribution in [1.29, 1.82) is 0 Å². The van der Waals surface area contributed by atoms with E-state index < -0.39 is 23.7 Å². The van der Waals surface area contributed by atoms with Crippen LogP contribution in [-0.4, -0.2) is 92.5 Å². The lowest BCUT2D eigenvalue weighted by Crippen LogP contribution is -2.44. The second-order valence-electron chi connectivity index (χ2n) is 11.9. The molecule has 13 heteroatoms. The minimum absolute atomic E-state index is 0.0134. The van der Waals surface area contributed by atoms with Gasteiger partial charge in [0.25, 0.3) is 0 Å². The number of tetrazole rings is 1. The number of carboxylic acid groups (broad SMARTS) is 1. The normalized spacial score (nSPS) is 17.8. The molecule has 2 aliphatic rings. The zero-order valence-corrected chi connectivity index (χ0v) is 26.6. The molecule has 47 heavy (non-hydrogen) atoms. The first-order valence-corrected chi connectivity index (χ1v) is 15.6. The Morgan fingerprint density at radius 1 is 1.06 bits per heavy atom. The maximum atomic E-state index is 15.3. The Bertz CT molecular complexity index is 1850. The average molecular weight is 658 g/mol. The van der Waals surface area contributed by atoms with Crippen LogP contribution < -0.4 is 4.90 Å². The van der Waals surface area contributed by atoms with Crippen molar-refractivity contribution in [2.75, 3.05) is 38.6 Å². The lowest BCUT2D eigenvalue weighted by molar-refractivity contribution is -0.136. The summed E-state index contributed by atoms with van der Waals surface area (Å²) in [7, 11) is 4.15. The fraction of sp³-hybridized carbons (Fsp3) is 0.294. The van der Waals surface area contributed by atoms with Gasteiger partial charge in [0.15, 0.2) is 11.6 Å². The van der Waals surface area contributed by atoms with E-state index in [2.05, 4.69) is 45.5 Å². The number of aromatic nitrogens is 4. The molecule has 1 saturated heterocycles. The highest BCUT2D eigenvalue weighted by atomic mass is 35.5. The van der Waals surface area contributed by atoms with Crippen molar-refractivity contribution in [3.63, 3.8) is 0 Å². The SMILES string of the molecule is CN(C)[C@H]1CCN(c2cccc3c2CCN(C(=O)/C=C/c2c(-n4cnnn4)ccc(Cl)c2F)[C@@H]3C(=O)Cc2ccc(C(=O)O)cc2)C1. The number of Topliss-reactive ketones (excluding diaryl/α,β-unsaturated/α-hetero) is 1. The second-order valence-corrected chi connectivity index (χ2v) is 12.3. The van der Waals surface area contributed by atoms with Gasteiger partial charge < -0.3 is 19.8 Å². The van der Waals surface area contributed by atoms with Crippen molar-refractivity contribution >= 4 is 41.0 Å². The Labute approximate surface area is 275 Å². The summed E-state index contributed by atoms with van der Waals surface area (Å²) in [6.45, 7) is 2.01.